The fraction of sp³-hybridized carbons (Fsp3) is 0.250. The standard InChI is InChI=1S/C16H15Cl2N3OS/c1-3-21-15(11-7-8-22-10(11)2)19-20-16(21)23-9-12-13(17)5-4-6-14(12)18/h4-8H,3,9H2,1-2H3. The second-order valence-corrected chi connectivity index (χ2v) is 6.69. The van der Waals surface area contributed by atoms with Crippen molar-refractivity contribution in [3.05, 3.63) is 51.9 Å². The Morgan fingerprint density at radius 2 is 1.91 bits per heavy atom. The van der Waals surface area contributed by atoms with Crippen LogP contribution in [0.3, 0.4) is 0 Å². The summed E-state index contributed by atoms with van der Waals surface area (Å²) in [6.07, 6.45) is 1.66. The lowest BCUT2D eigenvalue weighted by Crippen LogP contribution is -2.00. The van der Waals surface area contributed by atoms with Gasteiger partial charge in [0.15, 0.2) is 11.0 Å². The van der Waals surface area contributed by atoms with E-state index in [0.717, 1.165) is 34.4 Å². The lowest BCUT2D eigenvalue weighted by molar-refractivity contribution is 0.534. The molecule has 0 atom stereocenters. The van der Waals surface area contributed by atoms with Crippen molar-refractivity contribution in [2.24, 2.45) is 0 Å². The first-order valence-electron chi connectivity index (χ1n) is 7.15. The molecule has 0 fully saturated rings. The summed E-state index contributed by atoms with van der Waals surface area (Å²) < 4.78 is 7.43. The molecule has 3 rings (SSSR count). The first-order chi connectivity index (χ1) is 11.1. The van der Waals surface area contributed by atoms with E-state index >= 15 is 0 Å². The van der Waals surface area contributed by atoms with Crippen LogP contribution in [-0.4, -0.2) is 14.8 Å². The number of aryl methyl sites for hydroxylation is 1. The number of hydrogen-bond donors (Lipinski definition) is 0. The molecule has 3 aromatic rings. The van der Waals surface area contributed by atoms with Crippen LogP contribution in [0.4, 0.5) is 0 Å². The fourth-order valence-corrected chi connectivity index (χ4v) is 4.05. The van der Waals surface area contributed by atoms with Crippen LogP contribution in [0, 0.1) is 6.92 Å². The second kappa shape index (κ2) is 6.99. The summed E-state index contributed by atoms with van der Waals surface area (Å²) in [6.45, 7) is 4.75. The van der Waals surface area contributed by atoms with Crippen LogP contribution in [0.15, 0.2) is 40.1 Å². The second-order valence-electron chi connectivity index (χ2n) is 4.93. The van der Waals surface area contributed by atoms with Gasteiger partial charge in [0.05, 0.1) is 11.8 Å². The van der Waals surface area contributed by atoms with E-state index in [4.69, 9.17) is 27.6 Å². The summed E-state index contributed by atoms with van der Waals surface area (Å²) in [6, 6.07) is 7.43. The van der Waals surface area contributed by atoms with Crippen molar-refractivity contribution in [3.8, 4) is 11.4 Å². The third-order valence-electron chi connectivity index (χ3n) is 3.54. The third-order valence-corrected chi connectivity index (χ3v) is 5.24. The Labute approximate surface area is 148 Å². The zero-order chi connectivity index (χ0) is 16.4. The van der Waals surface area contributed by atoms with E-state index < -0.39 is 0 Å². The largest absolute Gasteiger partial charge is 0.469 e. The quantitative estimate of drug-likeness (QED) is 0.561. The van der Waals surface area contributed by atoms with Gasteiger partial charge in [-0.25, -0.2) is 0 Å². The van der Waals surface area contributed by atoms with Crippen LogP contribution in [0.25, 0.3) is 11.4 Å². The maximum atomic E-state index is 6.22. The lowest BCUT2D eigenvalue weighted by Gasteiger charge is -2.08. The summed E-state index contributed by atoms with van der Waals surface area (Å²) in [7, 11) is 0. The number of halogens is 2. The summed E-state index contributed by atoms with van der Waals surface area (Å²) >= 11 is 14.0. The molecule has 4 nitrogen and oxygen atoms in total. The molecule has 0 aliphatic rings. The Hall–Kier alpha value is -1.43. The molecule has 0 saturated carbocycles. The first kappa shape index (κ1) is 16.4. The van der Waals surface area contributed by atoms with Crippen LogP contribution in [0.1, 0.15) is 18.2 Å². The average Bonchev–Trinajstić information content (AvgIpc) is 3.12. The smallest absolute Gasteiger partial charge is 0.191 e. The van der Waals surface area contributed by atoms with E-state index in [2.05, 4.69) is 21.7 Å². The Morgan fingerprint density at radius 3 is 2.52 bits per heavy atom. The van der Waals surface area contributed by atoms with E-state index in [1.165, 1.54) is 0 Å². The molecule has 0 aliphatic heterocycles. The normalized spacial score (nSPS) is 11.1. The highest BCUT2D eigenvalue weighted by atomic mass is 35.5. The van der Waals surface area contributed by atoms with Gasteiger partial charge in [-0.1, -0.05) is 41.0 Å². The topological polar surface area (TPSA) is 43.9 Å². The monoisotopic (exact) mass is 367 g/mol. The Balaban J connectivity index is 1.87. The van der Waals surface area contributed by atoms with Crippen LogP contribution < -0.4 is 0 Å². The van der Waals surface area contributed by atoms with Gasteiger partial charge >= 0.3 is 0 Å². The van der Waals surface area contributed by atoms with Crippen molar-refractivity contribution in [2.45, 2.75) is 31.3 Å². The Bertz CT molecular complexity index is 808. The molecule has 0 aliphatic carbocycles. The predicted molar refractivity (Wildman–Crippen MR) is 94.2 cm³/mol. The van der Waals surface area contributed by atoms with Gasteiger partial charge in [-0.05, 0) is 37.6 Å². The van der Waals surface area contributed by atoms with Crippen LogP contribution in [-0.2, 0) is 12.3 Å². The molecular weight excluding hydrogens is 353 g/mol. The van der Waals surface area contributed by atoms with Crippen LogP contribution in [0.2, 0.25) is 10.0 Å². The van der Waals surface area contributed by atoms with Gasteiger partial charge in [-0.2, -0.15) is 0 Å². The van der Waals surface area contributed by atoms with Gasteiger partial charge in [0.1, 0.15) is 5.76 Å². The number of nitrogens with zero attached hydrogens (tertiary/aromatic N) is 3. The Morgan fingerprint density at radius 1 is 1.17 bits per heavy atom. The molecule has 0 unspecified atom stereocenters. The zero-order valence-corrected chi connectivity index (χ0v) is 15.0. The molecule has 0 spiro atoms. The number of rotatable bonds is 5. The van der Waals surface area contributed by atoms with Crippen LogP contribution in [0.5, 0.6) is 0 Å². The van der Waals surface area contributed by atoms with Crippen molar-refractivity contribution < 1.29 is 4.42 Å². The summed E-state index contributed by atoms with van der Waals surface area (Å²) in [5, 5.41) is 10.8. The first-order valence-corrected chi connectivity index (χ1v) is 8.89. The minimum Gasteiger partial charge on any atom is -0.469 e. The van der Waals surface area contributed by atoms with Gasteiger partial charge in [-0.15, -0.1) is 10.2 Å². The predicted octanol–water partition coefficient (Wildman–Crippen LogP) is 5.47. The highest BCUT2D eigenvalue weighted by Gasteiger charge is 2.17. The van der Waals surface area contributed by atoms with Gasteiger partial charge in [0.2, 0.25) is 0 Å². The third kappa shape index (κ3) is 3.27. The molecule has 7 heteroatoms. The van der Waals surface area contributed by atoms with Crippen LogP contribution >= 0.6 is 35.0 Å². The minimum absolute atomic E-state index is 0.640. The lowest BCUT2D eigenvalue weighted by atomic mass is 10.2. The number of aromatic nitrogens is 3. The highest BCUT2D eigenvalue weighted by Crippen LogP contribution is 2.32. The highest BCUT2D eigenvalue weighted by molar-refractivity contribution is 7.98. The van der Waals surface area contributed by atoms with E-state index in [1.54, 1.807) is 18.0 Å². The number of furan rings is 1. The molecule has 120 valence electrons. The van der Waals surface area contributed by atoms with E-state index in [-0.39, 0.29) is 0 Å². The van der Waals surface area contributed by atoms with Gasteiger partial charge in [0.25, 0.3) is 0 Å². The minimum atomic E-state index is 0.640. The van der Waals surface area contributed by atoms with Crippen molar-refractivity contribution >= 4 is 35.0 Å². The molecule has 0 bridgehead atoms. The molecule has 0 saturated heterocycles. The maximum Gasteiger partial charge on any atom is 0.191 e. The molecule has 23 heavy (non-hydrogen) atoms. The van der Waals surface area contributed by atoms with E-state index in [9.17, 15) is 0 Å². The van der Waals surface area contributed by atoms with Gasteiger partial charge in [0, 0.05) is 22.3 Å². The van der Waals surface area contributed by atoms with E-state index in [0.29, 0.717) is 15.8 Å². The van der Waals surface area contributed by atoms with Crippen molar-refractivity contribution in [3.63, 3.8) is 0 Å². The fourth-order valence-electron chi connectivity index (χ4n) is 2.30. The number of hydrogen-bond acceptors (Lipinski definition) is 4. The van der Waals surface area contributed by atoms with Crippen molar-refractivity contribution in [1.29, 1.82) is 0 Å². The molecule has 0 amide bonds. The molecule has 0 N–H and O–H groups in total. The van der Waals surface area contributed by atoms with E-state index in [1.807, 2.05) is 31.2 Å². The van der Waals surface area contributed by atoms with Gasteiger partial charge < -0.3 is 8.98 Å². The summed E-state index contributed by atoms with van der Waals surface area (Å²) in [5.74, 6) is 2.28. The number of thioether (sulfide) groups is 1. The van der Waals surface area contributed by atoms with Gasteiger partial charge in [-0.3, -0.25) is 0 Å². The SMILES string of the molecule is CCn1c(SCc2c(Cl)cccc2Cl)nnc1-c1ccoc1C. The molecule has 0 radical (unpaired) electrons. The maximum absolute atomic E-state index is 6.22. The summed E-state index contributed by atoms with van der Waals surface area (Å²) in [5.41, 5.74) is 1.87. The molecule has 2 aromatic heterocycles. The molecule has 2 heterocycles. The molecular formula is C16H15Cl2N3OS. The summed E-state index contributed by atoms with van der Waals surface area (Å²) in [4.78, 5) is 0. The van der Waals surface area contributed by atoms with Crippen molar-refractivity contribution in [1.82, 2.24) is 14.8 Å². The zero-order valence-electron chi connectivity index (χ0n) is 12.7. The number of benzene rings is 1. The van der Waals surface area contributed by atoms with Crippen molar-refractivity contribution in [2.75, 3.05) is 0 Å². The molecule has 1 aromatic carbocycles. The average molecular weight is 368 g/mol. The Kier molecular flexibility index (Phi) is 4.99.